The molecule has 7 nitrogen and oxygen atoms in total. The van der Waals surface area contributed by atoms with E-state index in [2.05, 4.69) is 47.7 Å². The average Bonchev–Trinajstić information content (AvgIpc) is 3.39. The summed E-state index contributed by atoms with van der Waals surface area (Å²) in [5.41, 5.74) is 1.81. The fraction of sp³-hybridized carbons (Fsp3) is 0.688. The highest BCUT2D eigenvalue weighted by Crippen LogP contribution is 2.64. The lowest BCUT2D eigenvalue weighted by atomic mass is 9.57. The molecule has 1 aliphatic heterocycles. The molecule has 2 heterocycles. The van der Waals surface area contributed by atoms with Crippen molar-refractivity contribution in [3.63, 3.8) is 0 Å². The number of aromatic nitrogens is 1. The van der Waals surface area contributed by atoms with E-state index in [1.807, 2.05) is 24.1 Å². The normalized spacial score (nSPS) is 30.8. The number of para-hydroxylation sites is 1. The second-order valence-corrected chi connectivity index (χ2v) is 13.6. The fourth-order valence-corrected chi connectivity index (χ4v) is 8.22. The molecule has 3 fully saturated rings. The van der Waals surface area contributed by atoms with E-state index < -0.39 is 5.60 Å². The topological polar surface area (TPSA) is 97.5 Å². The van der Waals surface area contributed by atoms with Crippen molar-refractivity contribution >= 4 is 22.7 Å². The third kappa shape index (κ3) is 5.90. The summed E-state index contributed by atoms with van der Waals surface area (Å²) in [7, 11) is 0. The molecule has 4 atom stereocenters. The van der Waals surface area contributed by atoms with Gasteiger partial charge in [-0.05, 0) is 86.7 Å². The van der Waals surface area contributed by atoms with Crippen LogP contribution in [0.2, 0.25) is 0 Å². The zero-order valence-corrected chi connectivity index (χ0v) is 24.3. The first-order chi connectivity index (χ1) is 18.5. The number of piperidine rings is 1. The van der Waals surface area contributed by atoms with Crippen LogP contribution in [0.5, 0.6) is 0 Å². The largest absolute Gasteiger partial charge is 0.390 e. The van der Waals surface area contributed by atoms with Crippen molar-refractivity contribution in [2.45, 2.75) is 103 Å². The average molecular weight is 537 g/mol. The van der Waals surface area contributed by atoms with E-state index in [0.717, 1.165) is 70.0 Å². The third-order valence-corrected chi connectivity index (χ3v) is 10.4. The molecule has 0 bridgehead atoms. The van der Waals surface area contributed by atoms with Gasteiger partial charge in [-0.3, -0.25) is 9.59 Å². The molecule has 1 saturated heterocycles. The SMILES string of the molecule is CC(=O)N1CCC(NC2CC(C)(C)C3CC(C)(O)CCC23CCC(=O)NCCc2c[nH]c3ccccc23)CC1. The van der Waals surface area contributed by atoms with Gasteiger partial charge in [-0.2, -0.15) is 0 Å². The number of hydrogen-bond acceptors (Lipinski definition) is 4. The molecule has 2 aromatic rings. The second-order valence-electron chi connectivity index (χ2n) is 13.6. The Morgan fingerprint density at radius 2 is 1.85 bits per heavy atom. The van der Waals surface area contributed by atoms with Crippen molar-refractivity contribution in [1.82, 2.24) is 20.5 Å². The van der Waals surface area contributed by atoms with E-state index in [-0.39, 0.29) is 22.6 Å². The van der Waals surface area contributed by atoms with Crippen molar-refractivity contribution in [1.29, 1.82) is 0 Å². The van der Waals surface area contributed by atoms with Gasteiger partial charge in [-0.15, -0.1) is 0 Å². The maximum Gasteiger partial charge on any atom is 0.220 e. The van der Waals surface area contributed by atoms with Crippen LogP contribution in [0.1, 0.15) is 84.6 Å². The number of fused-ring (bicyclic) bond motifs is 2. The summed E-state index contributed by atoms with van der Waals surface area (Å²) in [6.07, 6.45) is 9.75. The Morgan fingerprint density at radius 3 is 2.59 bits per heavy atom. The molecule has 2 amide bonds. The third-order valence-electron chi connectivity index (χ3n) is 10.4. The van der Waals surface area contributed by atoms with Crippen LogP contribution in [-0.4, -0.2) is 64.1 Å². The quantitative estimate of drug-likeness (QED) is 0.398. The number of hydrogen-bond donors (Lipinski definition) is 4. The number of carbonyl (C=O) groups excluding carboxylic acids is 2. The minimum Gasteiger partial charge on any atom is -0.390 e. The molecule has 1 aromatic heterocycles. The van der Waals surface area contributed by atoms with Crippen LogP contribution in [-0.2, 0) is 16.0 Å². The molecule has 39 heavy (non-hydrogen) atoms. The standard InChI is InChI=1S/C32H48N4O3/c1-22(37)36-17-11-24(12-18-36)35-28-20-30(2,3)27-19-31(4,39)14-15-32(27,28)13-9-29(38)33-16-10-23-21-34-26-8-6-5-7-25(23)26/h5-8,21,24,27-28,34-35,39H,9-20H2,1-4H3,(H,33,38). The number of carbonyl (C=O) groups is 2. The Hall–Kier alpha value is -2.38. The minimum absolute atomic E-state index is 0.00235. The number of aliphatic hydroxyl groups is 1. The number of aromatic amines is 1. The highest BCUT2D eigenvalue weighted by atomic mass is 16.3. The molecule has 4 N–H and O–H groups in total. The van der Waals surface area contributed by atoms with E-state index in [0.29, 0.717) is 31.0 Å². The van der Waals surface area contributed by atoms with Crippen molar-refractivity contribution in [3.05, 3.63) is 36.0 Å². The number of rotatable bonds is 8. The Kier molecular flexibility index (Phi) is 7.86. The molecular formula is C32H48N4O3. The molecule has 2 saturated carbocycles. The summed E-state index contributed by atoms with van der Waals surface area (Å²) in [5, 5.41) is 19.5. The number of nitrogens with zero attached hydrogens (tertiary/aromatic N) is 1. The first kappa shape index (κ1) is 28.2. The number of amides is 2. The fourth-order valence-electron chi connectivity index (χ4n) is 8.22. The Bertz CT molecular complexity index is 1180. The van der Waals surface area contributed by atoms with Gasteiger partial charge in [-0.1, -0.05) is 32.0 Å². The summed E-state index contributed by atoms with van der Waals surface area (Å²) in [6, 6.07) is 9.00. The van der Waals surface area contributed by atoms with Gasteiger partial charge in [0.25, 0.3) is 0 Å². The van der Waals surface area contributed by atoms with Crippen LogP contribution in [0.3, 0.4) is 0 Å². The molecule has 7 heteroatoms. The number of benzene rings is 1. The summed E-state index contributed by atoms with van der Waals surface area (Å²) < 4.78 is 0. The highest BCUT2D eigenvalue weighted by molar-refractivity contribution is 5.83. The van der Waals surface area contributed by atoms with Gasteiger partial charge in [0.2, 0.25) is 11.8 Å². The zero-order chi connectivity index (χ0) is 27.8. The molecule has 214 valence electrons. The van der Waals surface area contributed by atoms with E-state index in [1.54, 1.807) is 6.92 Å². The number of likely N-dealkylation sites (tertiary alicyclic amines) is 1. The summed E-state index contributed by atoms with van der Waals surface area (Å²) in [6.45, 7) is 10.6. The Morgan fingerprint density at radius 1 is 1.10 bits per heavy atom. The molecule has 3 aliphatic rings. The van der Waals surface area contributed by atoms with Crippen LogP contribution in [0.4, 0.5) is 0 Å². The van der Waals surface area contributed by atoms with Crippen molar-refractivity contribution in [2.75, 3.05) is 19.6 Å². The molecule has 1 aromatic carbocycles. The lowest BCUT2D eigenvalue weighted by Crippen LogP contribution is -2.55. The summed E-state index contributed by atoms with van der Waals surface area (Å²) in [4.78, 5) is 30.2. The molecule has 2 aliphatic carbocycles. The maximum absolute atomic E-state index is 13.1. The smallest absolute Gasteiger partial charge is 0.220 e. The summed E-state index contributed by atoms with van der Waals surface area (Å²) in [5.74, 6) is 0.651. The number of H-pyrrole nitrogens is 1. The van der Waals surface area contributed by atoms with E-state index >= 15 is 0 Å². The van der Waals surface area contributed by atoms with Gasteiger partial charge in [0, 0.05) is 62.2 Å². The molecule has 5 rings (SSSR count). The van der Waals surface area contributed by atoms with E-state index in [1.165, 1.54) is 10.9 Å². The first-order valence-electron chi connectivity index (χ1n) is 15.0. The summed E-state index contributed by atoms with van der Waals surface area (Å²) >= 11 is 0. The Balaban J connectivity index is 1.24. The van der Waals surface area contributed by atoms with Gasteiger partial charge < -0.3 is 25.6 Å². The van der Waals surface area contributed by atoms with Crippen LogP contribution in [0.15, 0.2) is 30.5 Å². The highest BCUT2D eigenvalue weighted by Gasteiger charge is 2.61. The Labute approximate surface area is 233 Å². The van der Waals surface area contributed by atoms with Gasteiger partial charge in [0.05, 0.1) is 5.60 Å². The zero-order valence-electron chi connectivity index (χ0n) is 24.3. The lowest BCUT2D eigenvalue weighted by Gasteiger charge is -2.51. The van der Waals surface area contributed by atoms with Crippen LogP contribution in [0, 0.1) is 16.7 Å². The van der Waals surface area contributed by atoms with E-state index in [9.17, 15) is 14.7 Å². The minimum atomic E-state index is -0.644. The predicted octanol–water partition coefficient (Wildman–Crippen LogP) is 4.54. The molecule has 4 unspecified atom stereocenters. The number of nitrogens with one attached hydrogen (secondary N) is 3. The van der Waals surface area contributed by atoms with Crippen LogP contribution in [0.25, 0.3) is 10.9 Å². The van der Waals surface area contributed by atoms with Gasteiger partial charge in [0.15, 0.2) is 0 Å². The van der Waals surface area contributed by atoms with E-state index in [4.69, 9.17) is 0 Å². The molecule has 0 radical (unpaired) electrons. The monoisotopic (exact) mass is 536 g/mol. The van der Waals surface area contributed by atoms with Crippen molar-refractivity contribution in [2.24, 2.45) is 16.7 Å². The van der Waals surface area contributed by atoms with Crippen LogP contribution < -0.4 is 10.6 Å². The van der Waals surface area contributed by atoms with Gasteiger partial charge in [0.1, 0.15) is 0 Å². The van der Waals surface area contributed by atoms with Crippen LogP contribution >= 0.6 is 0 Å². The molecular weight excluding hydrogens is 488 g/mol. The predicted molar refractivity (Wildman–Crippen MR) is 155 cm³/mol. The van der Waals surface area contributed by atoms with Crippen molar-refractivity contribution in [3.8, 4) is 0 Å². The lowest BCUT2D eigenvalue weighted by molar-refractivity contribution is -0.130. The first-order valence-corrected chi connectivity index (χ1v) is 15.0. The van der Waals surface area contributed by atoms with Crippen molar-refractivity contribution < 1.29 is 14.7 Å². The van der Waals surface area contributed by atoms with Gasteiger partial charge in [-0.25, -0.2) is 0 Å². The van der Waals surface area contributed by atoms with Gasteiger partial charge >= 0.3 is 0 Å². The maximum atomic E-state index is 13.1. The second kappa shape index (κ2) is 10.9. The molecule has 0 spiro atoms.